The molecule has 0 radical (unpaired) electrons. The third kappa shape index (κ3) is 27.8. The van der Waals surface area contributed by atoms with Gasteiger partial charge < -0.3 is 47.4 Å². The Morgan fingerprint density at radius 1 is 0.483 bits per heavy atom. The number of carbonyl (C=O) groups is 4. The summed E-state index contributed by atoms with van der Waals surface area (Å²) in [5, 5.41) is 48.2. The first-order chi connectivity index (χ1) is 28.1. The summed E-state index contributed by atoms with van der Waals surface area (Å²) >= 11 is 0. The average Bonchev–Trinajstić information content (AvgIpc) is 3.15. The predicted octanol–water partition coefficient (Wildman–Crippen LogP) is 6.89. The quantitative estimate of drug-likeness (QED) is 0.0471. The minimum Gasteiger partial charge on any atom is -0.481 e. The van der Waals surface area contributed by atoms with Crippen molar-refractivity contribution in [1.82, 2.24) is 21.3 Å². The Kier molecular flexibility index (Phi) is 28.6. The van der Waals surface area contributed by atoms with Crippen molar-refractivity contribution in [3.63, 3.8) is 0 Å². The van der Waals surface area contributed by atoms with Gasteiger partial charge in [0, 0.05) is 35.9 Å². The van der Waals surface area contributed by atoms with Crippen LogP contribution in [0.5, 0.6) is 0 Å². The fraction of sp³-hybridized carbons (Fsp3) is 0.532. The summed E-state index contributed by atoms with van der Waals surface area (Å²) in [6.45, 7) is 19.6. The molecular formula is C47H75N5O8. The largest absolute Gasteiger partial charge is 0.481 e. The number of benzene rings is 3. The van der Waals surface area contributed by atoms with E-state index in [9.17, 15) is 19.2 Å². The average molecular weight is 838 g/mol. The molecule has 0 fully saturated rings. The van der Waals surface area contributed by atoms with E-state index in [2.05, 4.69) is 47.2 Å². The van der Waals surface area contributed by atoms with Gasteiger partial charge in [-0.2, -0.15) is 0 Å². The third-order valence-corrected chi connectivity index (χ3v) is 8.73. The highest BCUT2D eigenvalue weighted by Crippen LogP contribution is 2.13. The van der Waals surface area contributed by atoms with Gasteiger partial charge in [-0.25, -0.2) is 0 Å². The minimum atomic E-state index is -0.828. The Morgan fingerprint density at radius 3 is 1.17 bits per heavy atom. The minimum absolute atomic E-state index is 0.148. The molecule has 5 atom stereocenters. The number of nitrogens with two attached hydrogens (primary N) is 1. The Morgan fingerprint density at radius 2 is 0.833 bits per heavy atom. The van der Waals surface area contributed by atoms with Crippen LogP contribution in [-0.2, 0) is 38.4 Å². The van der Waals surface area contributed by atoms with Gasteiger partial charge in [-0.3, -0.25) is 19.2 Å². The molecule has 0 amide bonds. The SMILES string of the molecule is CC(C)N[C@@H](Cc1ccc(N)cc1)C(=O)O.CC(C)N[C@@H](Cc1ccccc1)C(=O)O.CC(C)N[C@@H](Cc1ccccc1)C[C@H](C)C(=O)O.CCC[C@H](NC(C)C)C(=O)O. The Bertz CT molecular complexity index is 1600. The maximum atomic E-state index is 11.0. The molecule has 3 aromatic carbocycles. The summed E-state index contributed by atoms with van der Waals surface area (Å²) in [5.74, 6) is -3.41. The Balaban J connectivity index is 0.000000784. The van der Waals surface area contributed by atoms with Crippen molar-refractivity contribution in [2.45, 2.75) is 156 Å². The molecule has 13 heteroatoms. The second-order valence-corrected chi connectivity index (χ2v) is 16.2. The van der Waals surface area contributed by atoms with E-state index in [-0.39, 0.29) is 36.1 Å². The number of hydrogen-bond acceptors (Lipinski definition) is 9. The van der Waals surface area contributed by atoms with Gasteiger partial charge in [0.1, 0.15) is 18.1 Å². The van der Waals surface area contributed by atoms with Crippen LogP contribution in [0, 0.1) is 5.92 Å². The lowest BCUT2D eigenvalue weighted by atomic mass is 9.95. The zero-order valence-corrected chi connectivity index (χ0v) is 37.5. The molecule has 0 saturated heterocycles. The molecule has 0 heterocycles. The van der Waals surface area contributed by atoms with Gasteiger partial charge >= 0.3 is 23.9 Å². The van der Waals surface area contributed by atoms with Gasteiger partial charge in [-0.15, -0.1) is 0 Å². The second-order valence-electron chi connectivity index (χ2n) is 16.2. The molecule has 10 N–H and O–H groups in total. The maximum Gasteiger partial charge on any atom is 0.321 e. The van der Waals surface area contributed by atoms with E-state index < -0.39 is 36.0 Å². The zero-order chi connectivity index (χ0) is 45.8. The number of nitrogen functional groups attached to an aromatic ring is 1. The van der Waals surface area contributed by atoms with Crippen LogP contribution in [0.3, 0.4) is 0 Å². The number of nitrogens with one attached hydrogen (secondary N) is 4. The highest BCUT2D eigenvalue weighted by molar-refractivity contribution is 5.74. The van der Waals surface area contributed by atoms with E-state index in [1.807, 2.05) is 109 Å². The van der Waals surface area contributed by atoms with Crippen molar-refractivity contribution < 1.29 is 39.6 Å². The van der Waals surface area contributed by atoms with Crippen LogP contribution in [0.2, 0.25) is 0 Å². The van der Waals surface area contributed by atoms with E-state index in [4.69, 9.17) is 26.2 Å². The predicted molar refractivity (Wildman–Crippen MR) is 242 cm³/mol. The van der Waals surface area contributed by atoms with E-state index in [0.29, 0.717) is 37.4 Å². The number of anilines is 1. The first-order valence-corrected chi connectivity index (χ1v) is 21.0. The summed E-state index contributed by atoms with van der Waals surface area (Å²) in [7, 11) is 0. The Labute approximate surface area is 359 Å². The molecule has 0 saturated carbocycles. The number of carboxylic acids is 4. The summed E-state index contributed by atoms with van der Waals surface area (Å²) < 4.78 is 0. The molecular weight excluding hydrogens is 763 g/mol. The lowest BCUT2D eigenvalue weighted by Gasteiger charge is -2.23. The van der Waals surface area contributed by atoms with Gasteiger partial charge in [0.05, 0.1) is 5.92 Å². The third-order valence-electron chi connectivity index (χ3n) is 8.73. The topological polar surface area (TPSA) is 223 Å². The molecule has 0 aliphatic rings. The van der Waals surface area contributed by atoms with Crippen LogP contribution >= 0.6 is 0 Å². The van der Waals surface area contributed by atoms with Crippen LogP contribution < -0.4 is 27.0 Å². The van der Waals surface area contributed by atoms with Crippen LogP contribution in [-0.4, -0.2) is 92.6 Å². The molecule has 3 rings (SSSR count). The monoisotopic (exact) mass is 838 g/mol. The van der Waals surface area contributed by atoms with Crippen LogP contribution in [0.25, 0.3) is 0 Å². The normalized spacial score (nSPS) is 13.4. The molecule has 0 aromatic heterocycles. The fourth-order valence-electron chi connectivity index (χ4n) is 6.06. The number of aliphatic carboxylic acids is 4. The summed E-state index contributed by atoms with van der Waals surface area (Å²) in [4.78, 5) is 43.5. The second kappa shape index (κ2) is 31.1. The van der Waals surface area contributed by atoms with Crippen molar-refractivity contribution >= 4 is 29.6 Å². The van der Waals surface area contributed by atoms with E-state index >= 15 is 0 Å². The molecule has 336 valence electrons. The molecule has 0 bridgehead atoms. The van der Waals surface area contributed by atoms with E-state index in [1.165, 1.54) is 5.56 Å². The molecule has 0 unspecified atom stereocenters. The smallest absolute Gasteiger partial charge is 0.321 e. The van der Waals surface area contributed by atoms with Gasteiger partial charge in [0.15, 0.2) is 0 Å². The maximum absolute atomic E-state index is 11.0. The van der Waals surface area contributed by atoms with Crippen molar-refractivity contribution in [3.05, 3.63) is 102 Å². The zero-order valence-electron chi connectivity index (χ0n) is 37.5. The number of hydrogen-bond donors (Lipinski definition) is 9. The summed E-state index contributed by atoms with van der Waals surface area (Å²) in [6.07, 6.45) is 4.12. The number of carboxylic acid groups (broad SMARTS) is 4. The van der Waals surface area contributed by atoms with Crippen molar-refractivity contribution in [2.24, 2.45) is 5.92 Å². The lowest BCUT2D eigenvalue weighted by Crippen LogP contribution is -2.42. The molecule has 13 nitrogen and oxygen atoms in total. The van der Waals surface area contributed by atoms with Crippen molar-refractivity contribution in [1.29, 1.82) is 0 Å². The summed E-state index contributed by atoms with van der Waals surface area (Å²) in [5.41, 5.74) is 9.50. The summed E-state index contributed by atoms with van der Waals surface area (Å²) in [6, 6.07) is 26.8. The number of rotatable bonds is 22. The van der Waals surface area contributed by atoms with Crippen LogP contribution in [0.15, 0.2) is 84.9 Å². The molecule has 0 aliphatic heterocycles. The molecule has 0 spiro atoms. The van der Waals surface area contributed by atoms with E-state index in [0.717, 1.165) is 24.0 Å². The first kappa shape index (κ1) is 55.2. The van der Waals surface area contributed by atoms with Gasteiger partial charge in [0.25, 0.3) is 0 Å². The molecule has 0 aliphatic carbocycles. The van der Waals surface area contributed by atoms with Crippen molar-refractivity contribution in [2.75, 3.05) is 5.73 Å². The van der Waals surface area contributed by atoms with Crippen LogP contribution in [0.1, 0.15) is 105 Å². The molecule has 60 heavy (non-hydrogen) atoms. The van der Waals surface area contributed by atoms with E-state index in [1.54, 1.807) is 19.1 Å². The Hall–Kier alpha value is -4.82. The molecule has 3 aromatic rings. The highest BCUT2D eigenvalue weighted by atomic mass is 16.4. The highest BCUT2D eigenvalue weighted by Gasteiger charge is 2.21. The van der Waals surface area contributed by atoms with Gasteiger partial charge in [0.2, 0.25) is 0 Å². The first-order valence-electron chi connectivity index (χ1n) is 21.0. The van der Waals surface area contributed by atoms with Crippen LogP contribution in [0.4, 0.5) is 5.69 Å². The van der Waals surface area contributed by atoms with Crippen molar-refractivity contribution in [3.8, 4) is 0 Å². The van der Waals surface area contributed by atoms with Gasteiger partial charge in [-0.1, -0.05) is 148 Å². The standard InChI is InChI=1S/C15H23NO2.C12H18N2O2.C12H17NO2.C8H17NO2/c1-11(2)16-14(9-12(3)15(17)18)10-13-7-5-4-6-8-13;1-8(2)14-11(12(15)16)7-9-3-5-10(13)6-4-9;1-9(2)13-11(12(14)15)8-10-6-4-3-5-7-10;1-4-5-7(8(10)11)9-6(2)3/h4-8,11-12,14,16H,9-10H2,1-3H3,(H,17,18);3-6,8,11,14H,7,13H2,1-2H3,(H,15,16);3-7,9,11,13H,8H2,1-2H3,(H,14,15);6-7,9H,4-5H2,1-3H3,(H,10,11)/t12-,14+;2*11-;7-/m0000/s1. The van der Waals surface area contributed by atoms with Gasteiger partial charge in [-0.05, 0) is 60.9 Å². The fourth-order valence-corrected chi connectivity index (χ4v) is 6.06. The lowest BCUT2D eigenvalue weighted by molar-refractivity contribution is -0.142.